The summed E-state index contributed by atoms with van der Waals surface area (Å²) in [5, 5.41) is 20.2. The van der Waals surface area contributed by atoms with Crippen molar-refractivity contribution in [1.29, 1.82) is 0 Å². The van der Waals surface area contributed by atoms with Crippen LogP contribution in [0.1, 0.15) is 47.8 Å². The molecule has 0 bridgehead atoms. The predicted octanol–water partition coefficient (Wildman–Crippen LogP) is 2.66. The van der Waals surface area contributed by atoms with Crippen LogP contribution in [0.3, 0.4) is 0 Å². The molecule has 3 N–H and O–H groups in total. The van der Waals surface area contributed by atoms with Gasteiger partial charge in [-0.25, -0.2) is 4.98 Å². The number of hydrogen-bond donors (Lipinski definition) is 3. The largest absolute Gasteiger partial charge is 0.385 e. The average Bonchev–Trinajstić information content (AvgIpc) is 3.66. The van der Waals surface area contributed by atoms with Gasteiger partial charge >= 0.3 is 0 Å². The van der Waals surface area contributed by atoms with Crippen molar-refractivity contribution >= 4 is 5.91 Å². The third kappa shape index (κ3) is 6.30. The number of pyridine rings is 1. The molecule has 0 aliphatic carbocycles. The van der Waals surface area contributed by atoms with Crippen LogP contribution in [0.2, 0.25) is 0 Å². The Bertz CT molecular complexity index is 1410. The lowest BCUT2D eigenvalue weighted by molar-refractivity contribution is -0.119. The molecule has 1 aromatic carbocycles. The second kappa shape index (κ2) is 11.2. The minimum Gasteiger partial charge on any atom is -0.385 e. The number of imidazole rings is 1. The van der Waals surface area contributed by atoms with E-state index in [0.29, 0.717) is 37.0 Å². The highest BCUT2D eigenvalue weighted by Gasteiger charge is 2.20. The maximum Gasteiger partial charge on any atom is 0.220 e. The first-order chi connectivity index (χ1) is 18.0. The van der Waals surface area contributed by atoms with Crippen molar-refractivity contribution in [3.8, 4) is 23.2 Å². The van der Waals surface area contributed by atoms with E-state index in [4.69, 9.17) is 4.52 Å². The Morgan fingerprint density at radius 2 is 1.97 bits per heavy atom. The van der Waals surface area contributed by atoms with E-state index in [1.54, 1.807) is 19.3 Å². The minimum absolute atomic E-state index is 0.129. The van der Waals surface area contributed by atoms with Crippen LogP contribution in [0.15, 0.2) is 65.6 Å². The molecule has 4 heterocycles. The quantitative estimate of drug-likeness (QED) is 0.321. The number of carbonyl (C=O) groups is 1. The van der Waals surface area contributed by atoms with Crippen molar-refractivity contribution < 1.29 is 14.4 Å². The summed E-state index contributed by atoms with van der Waals surface area (Å²) < 4.78 is 7.38. The van der Waals surface area contributed by atoms with Gasteiger partial charge in [0.05, 0.1) is 12.2 Å². The highest BCUT2D eigenvalue weighted by molar-refractivity contribution is 5.78. The normalized spacial score (nSPS) is 15.7. The summed E-state index contributed by atoms with van der Waals surface area (Å²) in [5.41, 5.74) is 4.31. The smallest absolute Gasteiger partial charge is 0.220 e. The maximum absolute atomic E-state index is 11.3. The molecule has 0 radical (unpaired) electrons. The third-order valence-electron chi connectivity index (χ3n) is 6.16. The number of benzene rings is 1. The summed E-state index contributed by atoms with van der Waals surface area (Å²) >= 11 is 0. The molecule has 3 aromatic heterocycles. The van der Waals surface area contributed by atoms with Crippen LogP contribution in [0, 0.1) is 17.8 Å². The molecule has 1 unspecified atom stereocenters. The van der Waals surface area contributed by atoms with Gasteiger partial charge in [-0.2, -0.15) is 0 Å². The molecule has 1 amide bonds. The first kappa shape index (κ1) is 24.4. The van der Waals surface area contributed by atoms with Gasteiger partial charge in [0.25, 0.3) is 0 Å². The number of carbonyl (C=O) groups excluding carboxylic acids is 1. The summed E-state index contributed by atoms with van der Waals surface area (Å²) in [5.74, 6) is 8.05. The summed E-state index contributed by atoms with van der Waals surface area (Å²) in [4.78, 5) is 19.9. The zero-order valence-electron chi connectivity index (χ0n) is 20.5. The van der Waals surface area contributed by atoms with Crippen molar-refractivity contribution in [2.45, 2.75) is 32.5 Å². The van der Waals surface area contributed by atoms with E-state index in [-0.39, 0.29) is 5.91 Å². The molecule has 9 nitrogen and oxygen atoms in total. The van der Waals surface area contributed by atoms with Gasteiger partial charge in [-0.15, -0.1) is 0 Å². The topological polar surface area (TPSA) is 118 Å². The van der Waals surface area contributed by atoms with Crippen molar-refractivity contribution in [2.75, 3.05) is 13.1 Å². The average molecular weight is 497 g/mol. The second-order valence-corrected chi connectivity index (χ2v) is 9.14. The van der Waals surface area contributed by atoms with E-state index in [0.717, 1.165) is 41.2 Å². The van der Waals surface area contributed by atoms with Gasteiger partial charge in [0.2, 0.25) is 5.91 Å². The van der Waals surface area contributed by atoms with Crippen LogP contribution in [0.4, 0.5) is 0 Å². The van der Waals surface area contributed by atoms with Crippen molar-refractivity contribution in [2.24, 2.45) is 5.92 Å². The SMILES string of the molecule is C[C@H](O)c1nccn1Cc1cc(-c2ccc(C#Cc3ccc(CNCC4CNC(=O)C4)nc3)cc2)on1. The van der Waals surface area contributed by atoms with Crippen molar-refractivity contribution in [1.82, 2.24) is 30.3 Å². The molecule has 0 spiro atoms. The van der Waals surface area contributed by atoms with Crippen LogP contribution in [-0.2, 0) is 17.9 Å². The molecular weight excluding hydrogens is 468 g/mol. The van der Waals surface area contributed by atoms with Crippen LogP contribution >= 0.6 is 0 Å². The summed E-state index contributed by atoms with van der Waals surface area (Å²) in [6, 6.07) is 13.6. The number of aliphatic hydroxyl groups is 1. The molecule has 5 rings (SSSR count). The lowest BCUT2D eigenvalue weighted by atomic mass is 10.1. The molecule has 0 saturated carbocycles. The zero-order chi connectivity index (χ0) is 25.6. The van der Waals surface area contributed by atoms with Crippen molar-refractivity contribution in [3.05, 3.63) is 89.4 Å². The Morgan fingerprint density at radius 1 is 1.16 bits per heavy atom. The number of aromatic nitrogens is 4. The molecule has 188 valence electrons. The van der Waals surface area contributed by atoms with Crippen molar-refractivity contribution in [3.63, 3.8) is 0 Å². The zero-order valence-corrected chi connectivity index (χ0v) is 20.5. The minimum atomic E-state index is -0.654. The number of amides is 1. The molecular formula is C28H28N6O3. The van der Waals surface area contributed by atoms with Gasteiger partial charge in [0.15, 0.2) is 5.76 Å². The molecule has 37 heavy (non-hydrogen) atoms. The number of aliphatic hydroxyl groups excluding tert-OH is 1. The number of rotatable bonds is 8. The van der Waals surface area contributed by atoms with Crippen LogP contribution in [0.25, 0.3) is 11.3 Å². The summed E-state index contributed by atoms with van der Waals surface area (Å²) in [7, 11) is 0. The van der Waals surface area contributed by atoms with Crippen LogP contribution in [-0.4, -0.2) is 43.8 Å². The molecule has 1 aliphatic heterocycles. The van der Waals surface area contributed by atoms with E-state index < -0.39 is 6.10 Å². The number of nitrogens with one attached hydrogen (secondary N) is 2. The standard InChI is InChI=1S/C28H28N6O3/c1-19(35)28-30-10-11-34(28)18-25-13-26(37-33-25)23-7-4-20(5-8-23)2-3-21-6-9-24(31-15-21)17-29-14-22-12-27(36)32-16-22/h4-11,13,15,19,22,29,35H,12,14,16-18H2,1H3,(H,32,36)/t19-,22?/m0/s1. The fourth-order valence-corrected chi connectivity index (χ4v) is 4.20. The second-order valence-electron chi connectivity index (χ2n) is 9.14. The Hall–Kier alpha value is -4.26. The molecule has 1 aliphatic rings. The van der Waals surface area contributed by atoms with E-state index in [1.165, 1.54) is 0 Å². The lowest BCUT2D eigenvalue weighted by Gasteiger charge is -2.08. The van der Waals surface area contributed by atoms with Gasteiger partial charge in [0.1, 0.15) is 17.6 Å². The fourth-order valence-electron chi connectivity index (χ4n) is 4.20. The molecule has 4 aromatic rings. The Morgan fingerprint density at radius 3 is 2.70 bits per heavy atom. The van der Waals surface area contributed by atoms with Gasteiger partial charge in [-0.1, -0.05) is 17.0 Å². The summed E-state index contributed by atoms with van der Waals surface area (Å²) in [6.45, 7) is 4.35. The highest BCUT2D eigenvalue weighted by Crippen LogP contribution is 2.22. The first-order valence-corrected chi connectivity index (χ1v) is 12.2. The maximum atomic E-state index is 11.3. The fraction of sp³-hybridized carbons (Fsp3) is 0.286. The Balaban J connectivity index is 1.15. The predicted molar refractivity (Wildman–Crippen MR) is 137 cm³/mol. The van der Waals surface area contributed by atoms with Crippen LogP contribution < -0.4 is 10.6 Å². The molecule has 2 atom stereocenters. The Kier molecular flexibility index (Phi) is 7.40. The summed E-state index contributed by atoms with van der Waals surface area (Å²) in [6.07, 6.45) is 5.18. The van der Waals surface area contributed by atoms with E-state index in [1.807, 2.05) is 53.2 Å². The van der Waals surface area contributed by atoms with E-state index in [9.17, 15) is 9.90 Å². The van der Waals surface area contributed by atoms with Gasteiger partial charge in [0, 0.05) is 67.4 Å². The monoisotopic (exact) mass is 496 g/mol. The van der Waals surface area contributed by atoms with Gasteiger partial charge in [-0.05, 0) is 49.2 Å². The third-order valence-corrected chi connectivity index (χ3v) is 6.16. The molecule has 1 saturated heterocycles. The highest BCUT2D eigenvalue weighted by atomic mass is 16.5. The number of nitrogens with zero attached hydrogens (tertiary/aromatic N) is 4. The first-order valence-electron chi connectivity index (χ1n) is 12.2. The Labute approximate surface area is 214 Å². The lowest BCUT2D eigenvalue weighted by Crippen LogP contribution is -2.24. The van der Waals surface area contributed by atoms with Gasteiger partial charge in [-0.3, -0.25) is 9.78 Å². The molecule has 1 fully saturated rings. The molecule has 9 heteroatoms. The number of hydrogen-bond acceptors (Lipinski definition) is 7. The van der Waals surface area contributed by atoms with E-state index >= 15 is 0 Å². The van der Waals surface area contributed by atoms with Crippen LogP contribution in [0.5, 0.6) is 0 Å². The van der Waals surface area contributed by atoms with Gasteiger partial charge < -0.3 is 24.8 Å². The van der Waals surface area contributed by atoms with E-state index in [2.05, 4.69) is 37.6 Å².